The molecule has 0 saturated carbocycles. The molecule has 5 nitrogen and oxygen atoms in total. The summed E-state index contributed by atoms with van der Waals surface area (Å²) in [6.07, 6.45) is -1.27. The summed E-state index contributed by atoms with van der Waals surface area (Å²) in [5.41, 5.74) is 0.558. The standard InChI is InChI=1S/C18H17F3N2O3/c1-10(17(24)22-14-9-8-13(19)15(20)16(14)21)26-18(25)11-4-6-12(7-5-11)23(2)3/h4-10H,1-3H3,(H,22,24)/t10-/m1/s1. The highest BCUT2D eigenvalue weighted by Crippen LogP contribution is 2.20. The number of anilines is 2. The Bertz CT molecular complexity index is 823. The molecular formula is C18H17F3N2O3. The number of rotatable bonds is 5. The van der Waals surface area contributed by atoms with Gasteiger partial charge in [-0.05, 0) is 43.3 Å². The Hall–Kier alpha value is -3.03. The van der Waals surface area contributed by atoms with E-state index in [1.54, 1.807) is 12.1 Å². The number of hydrogen-bond donors (Lipinski definition) is 1. The van der Waals surface area contributed by atoms with Gasteiger partial charge in [0.2, 0.25) is 0 Å². The predicted molar refractivity (Wildman–Crippen MR) is 90.6 cm³/mol. The molecule has 0 radical (unpaired) electrons. The number of nitrogens with one attached hydrogen (secondary N) is 1. The van der Waals surface area contributed by atoms with Crippen LogP contribution in [0.1, 0.15) is 17.3 Å². The van der Waals surface area contributed by atoms with Gasteiger partial charge in [-0.25, -0.2) is 18.0 Å². The third-order valence-electron chi connectivity index (χ3n) is 3.57. The van der Waals surface area contributed by atoms with Crippen LogP contribution in [0.3, 0.4) is 0 Å². The molecule has 1 atom stereocenters. The first-order valence-electron chi connectivity index (χ1n) is 7.63. The van der Waals surface area contributed by atoms with E-state index >= 15 is 0 Å². The van der Waals surface area contributed by atoms with Gasteiger partial charge in [-0.2, -0.15) is 0 Å². The predicted octanol–water partition coefficient (Wildman–Crippen LogP) is 3.35. The van der Waals surface area contributed by atoms with Crippen molar-refractivity contribution in [1.29, 1.82) is 0 Å². The number of esters is 1. The van der Waals surface area contributed by atoms with Gasteiger partial charge in [0.1, 0.15) is 0 Å². The molecule has 2 rings (SSSR count). The molecule has 0 saturated heterocycles. The number of carbonyl (C=O) groups excluding carboxylic acids is 2. The van der Waals surface area contributed by atoms with E-state index in [1.165, 1.54) is 19.1 Å². The van der Waals surface area contributed by atoms with E-state index in [-0.39, 0.29) is 5.56 Å². The van der Waals surface area contributed by atoms with Crippen LogP contribution in [0.25, 0.3) is 0 Å². The van der Waals surface area contributed by atoms with Crippen molar-refractivity contribution in [3.05, 3.63) is 59.4 Å². The normalized spacial score (nSPS) is 11.6. The topological polar surface area (TPSA) is 58.6 Å². The van der Waals surface area contributed by atoms with Crippen LogP contribution in [0.2, 0.25) is 0 Å². The number of ether oxygens (including phenoxy) is 1. The van der Waals surface area contributed by atoms with Gasteiger partial charge in [0.05, 0.1) is 11.3 Å². The van der Waals surface area contributed by atoms with Crippen LogP contribution in [0.4, 0.5) is 24.5 Å². The van der Waals surface area contributed by atoms with Crippen molar-refractivity contribution < 1.29 is 27.5 Å². The van der Waals surface area contributed by atoms with E-state index in [0.29, 0.717) is 6.07 Å². The second-order valence-corrected chi connectivity index (χ2v) is 5.70. The van der Waals surface area contributed by atoms with Gasteiger partial charge >= 0.3 is 5.97 Å². The zero-order valence-electron chi connectivity index (χ0n) is 14.3. The molecule has 2 aromatic carbocycles. The third kappa shape index (κ3) is 4.33. The van der Waals surface area contributed by atoms with Crippen molar-refractivity contribution in [3.63, 3.8) is 0 Å². The van der Waals surface area contributed by atoms with Crippen LogP contribution < -0.4 is 10.2 Å². The number of benzene rings is 2. The van der Waals surface area contributed by atoms with Gasteiger partial charge in [-0.1, -0.05) is 0 Å². The monoisotopic (exact) mass is 366 g/mol. The molecule has 0 bridgehead atoms. The first-order valence-corrected chi connectivity index (χ1v) is 7.63. The lowest BCUT2D eigenvalue weighted by Crippen LogP contribution is -2.30. The van der Waals surface area contributed by atoms with Crippen LogP contribution in [0.15, 0.2) is 36.4 Å². The van der Waals surface area contributed by atoms with Crippen LogP contribution in [0, 0.1) is 17.5 Å². The zero-order chi connectivity index (χ0) is 19.4. The van der Waals surface area contributed by atoms with Gasteiger partial charge in [0.25, 0.3) is 5.91 Å². The van der Waals surface area contributed by atoms with Crippen molar-refractivity contribution in [3.8, 4) is 0 Å². The van der Waals surface area contributed by atoms with E-state index in [2.05, 4.69) is 5.32 Å². The van der Waals surface area contributed by atoms with Gasteiger partial charge in [-0.15, -0.1) is 0 Å². The van der Waals surface area contributed by atoms with E-state index in [4.69, 9.17) is 4.74 Å². The highest BCUT2D eigenvalue weighted by Gasteiger charge is 2.22. The lowest BCUT2D eigenvalue weighted by Gasteiger charge is -2.15. The molecule has 0 spiro atoms. The maximum atomic E-state index is 13.6. The summed E-state index contributed by atoms with van der Waals surface area (Å²) in [6.45, 7) is 1.28. The van der Waals surface area contributed by atoms with Crippen molar-refractivity contribution >= 4 is 23.3 Å². The molecule has 0 aliphatic rings. The number of amides is 1. The summed E-state index contributed by atoms with van der Waals surface area (Å²) in [5, 5.41) is 2.05. The highest BCUT2D eigenvalue weighted by atomic mass is 19.2. The first-order chi connectivity index (χ1) is 12.2. The Balaban J connectivity index is 2.02. The van der Waals surface area contributed by atoms with E-state index in [0.717, 1.165) is 11.8 Å². The smallest absolute Gasteiger partial charge is 0.338 e. The first kappa shape index (κ1) is 19.3. The average Bonchev–Trinajstić information content (AvgIpc) is 2.62. The highest BCUT2D eigenvalue weighted by molar-refractivity contribution is 5.97. The third-order valence-corrected chi connectivity index (χ3v) is 3.57. The molecule has 8 heteroatoms. The zero-order valence-corrected chi connectivity index (χ0v) is 14.3. The van der Waals surface area contributed by atoms with Gasteiger partial charge in [-0.3, -0.25) is 4.79 Å². The number of hydrogen-bond acceptors (Lipinski definition) is 4. The molecular weight excluding hydrogens is 349 g/mol. The molecule has 0 fully saturated rings. The fourth-order valence-electron chi connectivity index (χ4n) is 2.03. The Morgan fingerprint density at radius 2 is 1.62 bits per heavy atom. The second kappa shape index (κ2) is 7.90. The molecule has 0 aliphatic heterocycles. The van der Waals surface area contributed by atoms with Crippen LogP contribution in [0.5, 0.6) is 0 Å². The minimum absolute atomic E-state index is 0.231. The minimum Gasteiger partial charge on any atom is -0.449 e. The van der Waals surface area contributed by atoms with Crippen molar-refractivity contribution in [2.75, 3.05) is 24.3 Å². The van der Waals surface area contributed by atoms with Crippen LogP contribution >= 0.6 is 0 Å². The molecule has 0 unspecified atom stereocenters. The molecule has 26 heavy (non-hydrogen) atoms. The lowest BCUT2D eigenvalue weighted by molar-refractivity contribution is -0.123. The number of carbonyl (C=O) groups is 2. The van der Waals surface area contributed by atoms with E-state index < -0.39 is 41.1 Å². The lowest BCUT2D eigenvalue weighted by atomic mass is 10.2. The molecule has 2 aromatic rings. The van der Waals surface area contributed by atoms with Gasteiger partial charge < -0.3 is 15.0 Å². The Labute approximate surface area is 148 Å². The maximum Gasteiger partial charge on any atom is 0.338 e. The summed E-state index contributed by atoms with van der Waals surface area (Å²) >= 11 is 0. The van der Waals surface area contributed by atoms with E-state index in [9.17, 15) is 22.8 Å². The van der Waals surface area contributed by atoms with Crippen molar-refractivity contribution in [1.82, 2.24) is 0 Å². The molecule has 1 N–H and O–H groups in total. The molecule has 138 valence electrons. The average molecular weight is 366 g/mol. The van der Waals surface area contributed by atoms with Crippen LogP contribution in [-0.4, -0.2) is 32.1 Å². The molecule has 0 heterocycles. The minimum atomic E-state index is -1.70. The Kier molecular flexibility index (Phi) is 5.86. The summed E-state index contributed by atoms with van der Waals surface area (Å²) in [6, 6.07) is 8.04. The number of nitrogens with zero attached hydrogens (tertiary/aromatic N) is 1. The largest absolute Gasteiger partial charge is 0.449 e. The molecule has 0 aromatic heterocycles. The Morgan fingerprint density at radius 1 is 1.00 bits per heavy atom. The van der Waals surface area contributed by atoms with Crippen LogP contribution in [-0.2, 0) is 9.53 Å². The van der Waals surface area contributed by atoms with Crippen molar-refractivity contribution in [2.45, 2.75) is 13.0 Å². The SMILES string of the molecule is C[C@@H](OC(=O)c1ccc(N(C)C)cc1)C(=O)Nc1ccc(F)c(F)c1F. The summed E-state index contributed by atoms with van der Waals surface area (Å²) < 4.78 is 44.7. The van der Waals surface area contributed by atoms with Gasteiger partial charge in [0, 0.05) is 19.8 Å². The number of halogens is 3. The summed E-state index contributed by atoms with van der Waals surface area (Å²) in [5.74, 6) is -6.23. The quantitative estimate of drug-likeness (QED) is 0.651. The second-order valence-electron chi connectivity index (χ2n) is 5.70. The fourth-order valence-corrected chi connectivity index (χ4v) is 2.03. The van der Waals surface area contributed by atoms with E-state index in [1.807, 2.05) is 19.0 Å². The Morgan fingerprint density at radius 3 is 2.19 bits per heavy atom. The van der Waals surface area contributed by atoms with Crippen molar-refractivity contribution in [2.24, 2.45) is 0 Å². The molecule has 0 aliphatic carbocycles. The summed E-state index contributed by atoms with van der Waals surface area (Å²) in [7, 11) is 3.69. The maximum absolute atomic E-state index is 13.6. The fraction of sp³-hybridized carbons (Fsp3) is 0.222. The summed E-state index contributed by atoms with van der Waals surface area (Å²) in [4.78, 5) is 25.9. The van der Waals surface area contributed by atoms with Gasteiger partial charge in [0.15, 0.2) is 23.6 Å². The molecule has 1 amide bonds.